The van der Waals surface area contributed by atoms with Crippen LogP contribution < -0.4 is 9.47 Å². The monoisotopic (exact) mass is 330 g/mol. The molecular formula is C17H15ClN2O3. The minimum atomic E-state index is 0.237. The minimum absolute atomic E-state index is 0.237. The van der Waals surface area contributed by atoms with Crippen molar-refractivity contribution in [3.05, 3.63) is 70.8 Å². The summed E-state index contributed by atoms with van der Waals surface area (Å²) in [5.74, 6) is 2.48. The largest absolute Gasteiger partial charge is 0.489 e. The molecule has 0 amide bonds. The number of nitrogens with zero attached hydrogens (tertiary/aromatic N) is 2. The molecule has 0 bridgehead atoms. The van der Waals surface area contributed by atoms with E-state index in [1.165, 1.54) is 0 Å². The van der Waals surface area contributed by atoms with Crippen LogP contribution in [0.5, 0.6) is 11.5 Å². The third-order valence-corrected chi connectivity index (χ3v) is 3.48. The topological polar surface area (TPSA) is 57.4 Å². The summed E-state index contributed by atoms with van der Waals surface area (Å²) >= 11 is 6.10. The second kappa shape index (κ2) is 7.15. The van der Waals surface area contributed by atoms with Gasteiger partial charge in [0.1, 0.15) is 18.1 Å². The summed E-state index contributed by atoms with van der Waals surface area (Å²) in [4.78, 5) is 4.07. The summed E-state index contributed by atoms with van der Waals surface area (Å²) in [7, 11) is 0. The molecule has 5 nitrogen and oxygen atoms in total. The highest BCUT2D eigenvalue weighted by Crippen LogP contribution is 2.21. The van der Waals surface area contributed by atoms with Crippen LogP contribution in [0.3, 0.4) is 0 Å². The highest BCUT2D eigenvalue weighted by molar-refractivity contribution is 6.31. The molecule has 0 saturated carbocycles. The number of halogens is 1. The zero-order chi connectivity index (χ0) is 16.1. The van der Waals surface area contributed by atoms with Crippen molar-refractivity contribution < 1.29 is 14.0 Å². The second-order valence-electron chi connectivity index (χ2n) is 4.88. The number of ether oxygens (including phenoxy) is 2. The molecule has 0 saturated heterocycles. The lowest BCUT2D eigenvalue weighted by Crippen LogP contribution is -1.97. The number of benzene rings is 2. The zero-order valence-corrected chi connectivity index (χ0v) is 13.3. The van der Waals surface area contributed by atoms with Crippen molar-refractivity contribution in [2.24, 2.45) is 0 Å². The van der Waals surface area contributed by atoms with E-state index in [0.717, 1.165) is 11.3 Å². The molecule has 0 N–H and O–H groups in total. The van der Waals surface area contributed by atoms with Crippen molar-refractivity contribution in [3.8, 4) is 11.5 Å². The Labute approximate surface area is 138 Å². The lowest BCUT2D eigenvalue weighted by Gasteiger charge is -2.09. The van der Waals surface area contributed by atoms with E-state index in [0.29, 0.717) is 29.1 Å². The van der Waals surface area contributed by atoms with Crippen molar-refractivity contribution in [2.75, 3.05) is 0 Å². The minimum Gasteiger partial charge on any atom is -0.489 e. The predicted octanol–water partition coefficient (Wildman–Crippen LogP) is 4.19. The Morgan fingerprint density at radius 2 is 1.61 bits per heavy atom. The van der Waals surface area contributed by atoms with Gasteiger partial charge in [-0.2, -0.15) is 4.98 Å². The van der Waals surface area contributed by atoms with E-state index in [9.17, 15) is 0 Å². The van der Waals surface area contributed by atoms with E-state index in [1.54, 1.807) is 6.92 Å². The van der Waals surface area contributed by atoms with Crippen molar-refractivity contribution in [1.29, 1.82) is 0 Å². The number of aromatic nitrogens is 2. The molecule has 3 rings (SSSR count). The zero-order valence-electron chi connectivity index (χ0n) is 12.5. The summed E-state index contributed by atoms with van der Waals surface area (Å²) in [5, 5.41) is 4.40. The third kappa shape index (κ3) is 4.23. The van der Waals surface area contributed by atoms with Crippen LogP contribution in [0.15, 0.2) is 53.1 Å². The molecule has 1 heterocycles. The van der Waals surface area contributed by atoms with E-state index in [4.69, 9.17) is 25.6 Å². The number of aryl methyl sites for hydroxylation is 1. The molecule has 0 aliphatic carbocycles. The van der Waals surface area contributed by atoms with Gasteiger partial charge in [-0.05, 0) is 37.3 Å². The molecule has 0 unspecified atom stereocenters. The fourth-order valence-electron chi connectivity index (χ4n) is 1.95. The number of hydrogen-bond acceptors (Lipinski definition) is 5. The smallest absolute Gasteiger partial charge is 0.264 e. The van der Waals surface area contributed by atoms with Crippen molar-refractivity contribution in [1.82, 2.24) is 10.1 Å². The Hall–Kier alpha value is -2.53. The number of hydrogen-bond donors (Lipinski definition) is 0. The van der Waals surface area contributed by atoms with Crippen LogP contribution in [0.1, 0.15) is 17.3 Å². The van der Waals surface area contributed by atoms with Crippen molar-refractivity contribution in [2.45, 2.75) is 20.1 Å². The van der Waals surface area contributed by atoms with Crippen LogP contribution in [-0.4, -0.2) is 10.1 Å². The molecule has 23 heavy (non-hydrogen) atoms. The van der Waals surface area contributed by atoms with E-state index in [2.05, 4.69) is 10.1 Å². The van der Waals surface area contributed by atoms with Gasteiger partial charge in [0.05, 0.1) is 0 Å². The van der Waals surface area contributed by atoms with E-state index < -0.39 is 0 Å². The summed E-state index contributed by atoms with van der Waals surface area (Å²) < 4.78 is 16.3. The van der Waals surface area contributed by atoms with Gasteiger partial charge in [0.2, 0.25) is 0 Å². The van der Waals surface area contributed by atoms with Gasteiger partial charge < -0.3 is 14.0 Å². The molecule has 1 aromatic heterocycles. The SMILES string of the molecule is Cc1noc(COc2ccc(OCc3ccccc3Cl)cc2)n1. The van der Waals surface area contributed by atoms with Crippen LogP contribution in [0, 0.1) is 6.92 Å². The standard InChI is InChI=1S/C17H15ClN2O3/c1-12-19-17(23-20-12)11-22-15-8-6-14(7-9-15)21-10-13-4-2-3-5-16(13)18/h2-9H,10-11H2,1H3. The van der Waals surface area contributed by atoms with Crippen LogP contribution >= 0.6 is 11.6 Å². The van der Waals surface area contributed by atoms with Gasteiger partial charge in [0.25, 0.3) is 5.89 Å². The first-order valence-corrected chi connectivity index (χ1v) is 7.47. The van der Waals surface area contributed by atoms with Gasteiger partial charge in [0, 0.05) is 10.6 Å². The molecule has 0 spiro atoms. The maximum Gasteiger partial charge on any atom is 0.264 e. The van der Waals surface area contributed by atoms with Crippen LogP contribution in [0.25, 0.3) is 0 Å². The Morgan fingerprint density at radius 1 is 0.957 bits per heavy atom. The molecule has 3 aromatic rings. The van der Waals surface area contributed by atoms with Gasteiger partial charge in [-0.3, -0.25) is 0 Å². The molecular weight excluding hydrogens is 316 g/mol. The molecule has 0 aliphatic heterocycles. The van der Waals surface area contributed by atoms with Gasteiger partial charge in [-0.15, -0.1) is 0 Å². The highest BCUT2D eigenvalue weighted by atomic mass is 35.5. The Kier molecular flexibility index (Phi) is 4.78. The van der Waals surface area contributed by atoms with Gasteiger partial charge >= 0.3 is 0 Å². The van der Waals surface area contributed by atoms with E-state index in [1.807, 2.05) is 48.5 Å². The first kappa shape index (κ1) is 15.4. The predicted molar refractivity (Wildman–Crippen MR) is 85.6 cm³/mol. The van der Waals surface area contributed by atoms with Crippen molar-refractivity contribution in [3.63, 3.8) is 0 Å². The Balaban J connectivity index is 1.53. The molecule has 0 radical (unpaired) electrons. The fraction of sp³-hybridized carbons (Fsp3) is 0.176. The molecule has 2 aromatic carbocycles. The average molecular weight is 331 g/mol. The average Bonchev–Trinajstić information content (AvgIpc) is 2.99. The lowest BCUT2D eigenvalue weighted by molar-refractivity contribution is 0.242. The maximum atomic E-state index is 6.10. The molecule has 6 heteroatoms. The lowest BCUT2D eigenvalue weighted by atomic mass is 10.2. The molecule has 0 fully saturated rings. The Morgan fingerprint density at radius 3 is 2.22 bits per heavy atom. The molecule has 118 valence electrons. The molecule has 0 atom stereocenters. The first-order chi connectivity index (χ1) is 11.2. The normalized spacial score (nSPS) is 10.5. The fourth-order valence-corrected chi connectivity index (χ4v) is 2.14. The summed E-state index contributed by atoms with van der Waals surface area (Å²) in [6, 6.07) is 14.9. The quantitative estimate of drug-likeness (QED) is 0.678. The van der Waals surface area contributed by atoms with Gasteiger partial charge in [-0.25, -0.2) is 0 Å². The van der Waals surface area contributed by atoms with Gasteiger partial charge in [0.15, 0.2) is 12.4 Å². The van der Waals surface area contributed by atoms with Crippen LogP contribution in [0.2, 0.25) is 5.02 Å². The summed E-state index contributed by atoms with van der Waals surface area (Å²) in [6.07, 6.45) is 0. The van der Waals surface area contributed by atoms with E-state index in [-0.39, 0.29) is 6.61 Å². The third-order valence-electron chi connectivity index (χ3n) is 3.11. The Bertz CT molecular complexity index is 772. The second-order valence-corrected chi connectivity index (χ2v) is 5.28. The summed E-state index contributed by atoms with van der Waals surface area (Å²) in [5.41, 5.74) is 0.946. The van der Waals surface area contributed by atoms with Crippen molar-refractivity contribution >= 4 is 11.6 Å². The maximum absolute atomic E-state index is 6.10. The highest BCUT2D eigenvalue weighted by Gasteiger charge is 2.04. The van der Waals surface area contributed by atoms with Gasteiger partial charge in [-0.1, -0.05) is 35.0 Å². The number of rotatable bonds is 6. The van der Waals surface area contributed by atoms with Crippen LogP contribution in [0.4, 0.5) is 0 Å². The summed E-state index contributed by atoms with van der Waals surface area (Å²) in [6.45, 7) is 2.42. The van der Waals surface area contributed by atoms with E-state index >= 15 is 0 Å². The first-order valence-electron chi connectivity index (χ1n) is 7.09. The van der Waals surface area contributed by atoms with Crippen LogP contribution in [-0.2, 0) is 13.2 Å². The molecule has 0 aliphatic rings.